The van der Waals surface area contributed by atoms with E-state index in [1.165, 1.54) is 11.1 Å². The van der Waals surface area contributed by atoms with Gasteiger partial charge in [-0.15, -0.1) is 5.06 Å². The molecule has 4 nitrogen and oxygen atoms in total. The van der Waals surface area contributed by atoms with Crippen LogP contribution in [0.5, 0.6) is 0 Å². The molecule has 0 saturated heterocycles. The van der Waals surface area contributed by atoms with Crippen molar-refractivity contribution >= 4 is 11.6 Å². The highest BCUT2D eigenvalue weighted by Crippen LogP contribution is 2.44. The van der Waals surface area contributed by atoms with Crippen molar-refractivity contribution in [2.45, 2.75) is 24.9 Å². The first-order valence-electron chi connectivity index (χ1n) is 6.99. The van der Waals surface area contributed by atoms with E-state index >= 15 is 0 Å². The van der Waals surface area contributed by atoms with Gasteiger partial charge in [0.25, 0.3) is 0 Å². The van der Waals surface area contributed by atoms with Gasteiger partial charge in [-0.25, -0.2) is 0 Å². The van der Waals surface area contributed by atoms with E-state index in [4.69, 9.17) is 26.6 Å². The number of furan rings is 1. The number of nitrogens with zero attached hydrogens (tertiary/aromatic N) is 1. The van der Waals surface area contributed by atoms with Gasteiger partial charge < -0.3 is 15.0 Å². The molecule has 0 amide bonds. The average molecular weight is 303 g/mol. The smallest absolute Gasteiger partial charge is 0.207 e. The number of nitrogens with two attached hydrogens (primary N) is 1. The van der Waals surface area contributed by atoms with Crippen LogP contribution in [0.4, 0.5) is 0 Å². The molecule has 2 heterocycles. The Kier molecular flexibility index (Phi) is 2.94. The van der Waals surface area contributed by atoms with E-state index < -0.39 is 0 Å². The fourth-order valence-electron chi connectivity index (χ4n) is 3.19. The fraction of sp³-hybridized carbons (Fsp3) is 0.250. The molecule has 2 atom stereocenters. The normalized spacial score (nSPS) is 24.7. The molecular weight excluding hydrogens is 288 g/mol. The fourth-order valence-corrected chi connectivity index (χ4v) is 3.34. The van der Waals surface area contributed by atoms with Gasteiger partial charge in [-0.1, -0.05) is 24.3 Å². The molecule has 2 aliphatic rings. The van der Waals surface area contributed by atoms with Crippen molar-refractivity contribution in [3.05, 3.63) is 70.5 Å². The lowest BCUT2D eigenvalue weighted by Crippen LogP contribution is -2.27. The SMILES string of the molecule is NC1=CC(c2ccc(Cl)o2)N(C2CCc3ccccc32)O1. The first-order valence-corrected chi connectivity index (χ1v) is 7.37. The van der Waals surface area contributed by atoms with Crippen LogP contribution in [0, 0.1) is 0 Å². The van der Waals surface area contributed by atoms with Crippen molar-refractivity contribution in [1.82, 2.24) is 5.06 Å². The zero-order valence-corrected chi connectivity index (χ0v) is 12.1. The highest BCUT2D eigenvalue weighted by molar-refractivity contribution is 6.28. The van der Waals surface area contributed by atoms with E-state index in [2.05, 4.69) is 24.3 Å². The second-order valence-electron chi connectivity index (χ2n) is 5.36. The highest BCUT2D eigenvalue weighted by Gasteiger charge is 2.39. The van der Waals surface area contributed by atoms with Crippen molar-refractivity contribution in [1.29, 1.82) is 0 Å². The third-order valence-electron chi connectivity index (χ3n) is 4.10. The number of halogens is 1. The molecular formula is C16H15ClN2O2. The number of fused-ring (bicyclic) bond motifs is 1. The van der Waals surface area contributed by atoms with Crippen LogP contribution in [0.2, 0.25) is 5.22 Å². The number of hydrogen-bond acceptors (Lipinski definition) is 4. The standard InChI is InChI=1S/C16H15ClN2O2/c17-15-8-7-14(20-15)13-9-16(18)21-19(13)12-6-5-10-3-1-2-4-11(10)12/h1-4,7-9,12-13H,5-6,18H2. The second-order valence-corrected chi connectivity index (χ2v) is 5.73. The molecule has 108 valence electrons. The Morgan fingerprint density at radius 3 is 2.86 bits per heavy atom. The second kappa shape index (κ2) is 4.83. The van der Waals surface area contributed by atoms with Crippen LogP contribution in [0.15, 0.2) is 52.8 Å². The Hall–Kier alpha value is -1.91. The minimum atomic E-state index is -0.145. The minimum absolute atomic E-state index is 0.145. The third kappa shape index (κ3) is 2.11. The zero-order chi connectivity index (χ0) is 14.4. The van der Waals surface area contributed by atoms with Gasteiger partial charge in [0.05, 0.1) is 6.04 Å². The molecule has 2 N–H and O–H groups in total. The lowest BCUT2D eigenvalue weighted by atomic mass is 10.1. The van der Waals surface area contributed by atoms with Crippen molar-refractivity contribution in [2.24, 2.45) is 5.73 Å². The number of hydroxylamine groups is 2. The Balaban J connectivity index is 1.69. The molecule has 1 aromatic carbocycles. The van der Waals surface area contributed by atoms with Crippen molar-refractivity contribution in [2.75, 3.05) is 0 Å². The van der Waals surface area contributed by atoms with E-state index in [1.54, 1.807) is 6.07 Å². The summed E-state index contributed by atoms with van der Waals surface area (Å²) < 4.78 is 5.54. The lowest BCUT2D eigenvalue weighted by Gasteiger charge is -2.28. The van der Waals surface area contributed by atoms with Gasteiger partial charge in [0.1, 0.15) is 11.8 Å². The topological polar surface area (TPSA) is 51.6 Å². The average Bonchev–Trinajstić information content (AvgIpc) is 3.16. The monoisotopic (exact) mass is 302 g/mol. The summed E-state index contributed by atoms with van der Waals surface area (Å²) in [6, 6.07) is 12.1. The summed E-state index contributed by atoms with van der Waals surface area (Å²) in [6.45, 7) is 0. The number of hydrogen-bond donors (Lipinski definition) is 1. The summed E-state index contributed by atoms with van der Waals surface area (Å²) in [5, 5.41) is 2.28. The largest absolute Gasteiger partial charge is 0.448 e. The van der Waals surface area contributed by atoms with Crippen molar-refractivity contribution in [3.63, 3.8) is 0 Å². The molecule has 1 aliphatic heterocycles. The number of rotatable bonds is 2. The molecule has 0 bridgehead atoms. The van der Waals surface area contributed by atoms with Gasteiger partial charge in [0.2, 0.25) is 5.88 Å². The minimum Gasteiger partial charge on any atom is -0.448 e. The van der Waals surface area contributed by atoms with Gasteiger partial charge in [-0.2, -0.15) is 0 Å². The summed E-state index contributed by atoms with van der Waals surface area (Å²) in [5.41, 5.74) is 8.53. The molecule has 2 aromatic rings. The molecule has 5 heteroatoms. The molecule has 21 heavy (non-hydrogen) atoms. The van der Waals surface area contributed by atoms with Crippen molar-refractivity contribution in [3.8, 4) is 0 Å². The van der Waals surface area contributed by atoms with Crippen molar-refractivity contribution < 1.29 is 9.25 Å². The van der Waals surface area contributed by atoms with Gasteiger partial charge >= 0.3 is 0 Å². The van der Waals surface area contributed by atoms with Gasteiger partial charge in [0, 0.05) is 6.08 Å². The first kappa shape index (κ1) is 12.8. The van der Waals surface area contributed by atoms with Crippen LogP contribution < -0.4 is 5.73 Å². The molecule has 1 aliphatic carbocycles. The maximum Gasteiger partial charge on any atom is 0.207 e. The Labute approximate surface area is 127 Å². The highest BCUT2D eigenvalue weighted by atomic mass is 35.5. The molecule has 2 unspecified atom stereocenters. The predicted octanol–water partition coefficient (Wildman–Crippen LogP) is 3.71. The van der Waals surface area contributed by atoms with E-state index in [0.29, 0.717) is 11.1 Å². The molecule has 1 aromatic heterocycles. The summed E-state index contributed by atoms with van der Waals surface area (Å²) in [6.07, 6.45) is 3.91. The van der Waals surface area contributed by atoms with Gasteiger partial charge in [-0.05, 0) is 47.7 Å². The lowest BCUT2D eigenvalue weighted by molar-refractivity contribution is -0.157. The van der Waals surface area contributed by atoms with E-state index in [1.807, 2.05) is 17.2 Å². The van der Waals surface area contributed by atoms with Crippen LogP contribution in [0.25, 0.3) is 0 Å². The molecule has 0 saturated carbocycles. The maximum absolute atomic E-state index is 5.89. The van der Waals surface area contributed by atoms with E-state index in [0.717, 1.165) is 18.6 Å². The summed E-state index contributed by atoms with van der Waals surface area (Å²) in [4.78, 5) is 5.75. The molecule has 0 spiro atoms. The number of aryl methyl sites for hydroxylation is 1. The predicted molar refractivity (Wildman–Crippen MR) is 79.2 cm³/mol. The molecule has 0 radical (unpaired) electrons. The summed E-state index contributed by atoms with van der Waals surface area (Å²) in [5.74, 6) is 1.14. The number of benzene rings is 1. The van der Waals surface area contributed by atoms with E-state index in [9.17, 15) is 0 Å². The van der Waals surface area contributed by atoms with E-state index in [-0.39, 0.29) is 12.1 Å². The molecule has 0 fully saturated rings. The zero-order valence-electron chi connectivity index (χ0n) is 11.3. The van der Waals surface area contributed by atoms with Crippen LogP contribution in [-0.2, 0) is 11.3 Å². The van der Waals surface area contributed by atoms with Gasteiger partial charge in [-0.3, -0.25) is 0 Å². The maximum atomic E-state index is 5.89. The quantitative estimate of drug-likeness (QED) is 0.919. The van der Waals surface area contributed by atoms with Crippen LogP contribution in [0.3, 0.4) is 0 Å². The Morgan fingerprint density at radius 2 is 2.05 bits per heavy atom. The van der Waals surface area contributed by atoms with Crippen LogP contribution in [-0.4, -0.2) is 5.06 Å². The van der Waals surface area contributed by atoms with Gasteiger partial charge in [0.15, 0.2) is 5.22 Å². The Morgan fingerprint density at radius 1 is 1.19 bits per heavy atom. The summed E-state index contributed by atoms with van der Waals surface area (Å²) in [7, 11) is 0. The third-order valence-corrected chi connectivity index (χ3v) is 4.30. The summed E-state index contributed by atoms with van der Waals surface area (Å²) >= 11 is 5.89. The molecule has 4 rings (SSSR count). The van der Waals surface area contributed by atoms with Crippen LogP contribution >= 0.6 is 11.6 Å². The van der Waals surface area contributed by atoms with Crippen LogP contribution in [0.1, 0.15) is 35.4 Å². The first-order chi connectivity index (χ1) is 10.2. The Bertz CT molecular complexity index is 710.